The highest BCUT2D eigenvalue weighted by molar-refractivity contribution is 14.0. The summed E-state index contributed by atoms with van der Waals surface area (Å²) in [5.74, 6) is 0.970. The van der Waals surface area contributed by atoms with E-state index in [0.717, 1.165) is 38.7 Å². The van der Waals surface area contributed by atoms with Crippen LogP contribution in [0.5, 0.6) is 0 Å². The van der Waals surface area contributed by atoms with Crippen LogP contribution < -0.4 is 10.6 Å². The van der Waals surface area contributed by atoms with Gasteiger partial charge in [0.2, 0.25) is 0 Å². The molecule has 0 bridgehead atoms. The molecule has 7 heteroatoms. The van der Waals surface area contributed by atoms with Gasteiger partial charge in [-0.2, -0.15) is 0 Å². The smallest absolute Gasteiger partial charge is 0.191 e. The van der Waals surface area contributed by atoms with Crippen LogP contribution in [-0.2, 0) is 4.74 Å². The highest BCUT2D eigenvalue weighted by Gasteiger charge is 2.19. The lowest BCUT2D eigenvalue weighted by molar-refractivity contribution is 0.0532. The van der Waals surface area contributed by atoms with Crippen molar-refractivity contribution >= 4 is 29.9 Å². The summed E-state index contributed by atoms with van der Waals surface area (Å²) in [6, 6.07) is 0.535. The zero-order chi connectivity index (χ0) is 20.0. The van der Waals surface area contributed by atoms with Gasteiger partial charge in [-0.3, -0.25) is 4.99 Å². The Morgan fingerprint density at radius 3 is 2.31 bits per heavy atom. The van der Waals surface area contributed by atoms with Crippen LogP contribution >= 0.6 is 24.0 Å². The van der Waals surface area contributed by atoms with Crippen LogP contribution in [0.15, 0.2) is 4.99 Å². The standard InChI is InChI=1S/C22H45N5O.HI/c1-20(2)28-19-18-27-16-10-21(11-17-27)25-22(23-3)24-12-6-4-7-13-26-14-8-5-9-15-26;/h20-21H,4-19H2,1-3H3,(H2,23,24,25);1H. The van der Waals surface area contributed by atoms with Gasteiger partial charge in [-0.25, -0.2) is 0 Å². The maximum absolute atomic E-state index is 5.67. The number of likely N-dealkylation sites (tertiary alicyclic amines) is 2. The van der Waals surface area contributed by atoms with Gasteiger partial charge >= 0.3 is 0 Å². The summed E-state index contributed by atoms with van der Waals surface area (Å²) >= 11 is 0. The Labute approximate surface area is 196 Å². The Morgan fingerprint density at radius 1 is 0.966 bits per heavy atom. The second-order valence-electron chi connectivity index (χ2n) is 8.64. The zero-order valence-corrected chi connectivity index (χ0v) is 21.5. The van der Waals surface area contributed by atoms with Crippen LogP contribution in [-0.4, -0.2) is 87.4 Å². The number of unbranched alkanes of at least 4 members (excludes halogenated alkanes) is 2. The highest BCUT2D eigenvalue weighted by atomic mass is 127. The molecule has 2 aliphatic heterocycles. The molecule has 0 aliphatic carbocycles. The molecule has 0 aromatic rings. The van der Waals surface area contributed by atoms with Crippen LogP contribution in [0.2, 0.25) is 0 Å². The summed E-state index contributed by atoms with van der Waals surface area (Å²) in [6.45, 7) is 13.3. The van der Waals surface area contributed by atoms with Crippen molar-refractivity contribution in [2.45, 2.75) is 77.4 Å². The van der Waals surface area contributed by atoms with Crippen molar-refractivity contribution < 1.29 is 4.74 Å². The average molecular weight is 524 g/mol. The zero-order valence-electron chi connectivity index (χ0n) is 19.1. The summed E-state index contributed by atoms with van der Waals surface area (Å²) in [7, 11) is 1.88. The molecule has 0 aromatic carbocycles. The van der Waals surface area contributed by atoms with Crippen molar-refractivity contribution in [1.29, 1.82) is 0 Å². The van der Waals surface area contributed by atoms with Crippen molar-refractivity contribution in [2.75, 3.05) is 59.5 Å². The summed E-state index contributed by atoms with van der Waals surface area (Å²) in [4.78, 5) is 9.56. The van der Waals surface area contributed by atoms with Crippen molar-refractivity contribution in [3.8, 4) is 0 Å². The van der Waals surface area contributed by atoms with Crippen LogP contribution in [0.4, 0.5) is 0 Å². The van der Waals surface area contributed by atoms with Crippen LogP contribution in [0.25, 0.3) is 0 Å². The van der Waals surface area contributed by atoms with E-state index in [1.807, 2.05) is 7.05 Å². The van der Waals surface area contributed by atoms with Gasteiger partial charge in [0, 0.05) is 39.3 Å². The molecule has 29 heavy (non-hydrogen) atoms. The number of hydrogen-bond acceptors (Lipinski definition) is 4. The lowest BCUT2D eigenvalue weighted by Crippen LogP contribution is -2.49. The molecule has 2 fully saturated rings. The van der Waals surface area contributed by atoms with Gasteiger partial charge < -0.3 is 25.2 Å². The first-order chi connectivity index (χ1) is 13.7. The van der Waals surface area contributed by atoms with E-state index in [-0.39, 0.29) is 24.0 Å². The lowest BCUT2D eigenvalue weighted by Gasteiger charge is -2.33. The van der Waals surface area contributed by atoms with Crippen LogP contribution in [0, 0.1) is 0 Å². The van der Waals surface area contributed by atoms with Crippen molar-refractivity contribution in [2.24, 2.45) is 4.99 Å². The molecule has 0 saturated carbocycles. The number of nitrogens with zero attached hydrogens (tertiary/aromatic N) is 3. The average Bonchev–Trinajstić information content (AvgIpc) is 2.71. The number of guanidine groups is 1. The van der Waals surface area contributed by atoms with E-state index in [1.54, 1.807) is 0 Å². The molecule has 2 heterocycles. The van der Waals surface area contributed by atoms with E-state index >= 15 is 0 Å². The third-order valence-electron chi connectivity index (χ3n) is 5.90. The van der Waals surface area contributed by atoms with E-state index in [9.17, 15) is 0 Å². The van der Waals surface area contributed by atoms with E-state index in [1.165, 1.54) is 71.0 Å². The van der Waals surface area contributed by atoms with Gasteiger partial charge in [-0.05, 0) is 72.0 Å². The molecule has 0 unspecified atom stereocenters. The number of rotatable bonds is 11. The quantitative estimate of drug-likeness (QED) is 0.188. The summed E-state index contributed by atoms with van der Waals surface area (Å²) in [5, 5.41) is 7.12. The fourth-order valence-electron chi connectivity index (χ4n) is 4.13. The van der Waals surface area contributed by atoms with E-state index < -0.39 is 0 Å². The Kier molecular flexibility index (Phi) is 15.4. The third-order valence-corrected chi connectivity index (χ3v) is 5.90. The number of piperidine rings is 2. The van der Waals surface area contributed by atoms with Crippen LogP contribution in [0.3, 0.4) is 0 Å². The first-order valence-electron chi connectivity index (χ1n) is 11.7. The number of halogens is 1. The molecular formula is C22H46IN5O. The Hall–Kier alpha value is -0.120. The van der Waals surface area contributed by atoms with Crippen molar-refractivity contribution in [3.05, 3.63) is 0 Å². The van der Waals surface area contributed by atoms with E-state index in [0.29, 0.717) is 12.1 Å². The molecule has 2 aliphatic rings. The molecule has 2 rings (SSSR count). The Bertz CT molecular complexity index is 421. The number of hydrogen-bond donors (Lipinski definition) is 2. The molecule has 2 N–H and O–H groups in total. The maximum Gasteiger partial charge on any atom is 0.191 e. The van der Waals surface area contributed by atoms with E-state index in [4.69, 9.17) is 4.74 Å². The second kappa shape index (κ2) is 16.6. The summed E-state index contributed by atoms with van der Waals surface area (Å²) < 4.78 is 5.67. The third kappa shape index (κ3) is 12.4. The maximum atomic E-state index is 5.67. The predicted octanol–water partition coefficient (Wildman–Crippen LogP) is 3.32. The summed E-state index contributed by atoms with van der Waals surface area (Å²) in [5.41, 5.74) is 0. The molecule has 172 valence electrons. The highest BCUT2D eigenvalue weighted by Crippen LogP contribution is 2.11. The lowest BCUT2D eigenvalue weighted by atomic mass is 10.1. The van der Waals surface area contributed by atoms with Crippen LogP contribution in [0.1, 0.15) is 65.2 Å². The topological polar surface area (TPSA) is 52.1 Å². The minimum Gasteiger partial charge on any atom is -0.377 e. The summed E-state index contributed by atoms with van der Waals surface area (Å²) in [6.07, 6.45) is 10.8. The van der Waals surface area contributed by atoms with Gasteiger partial charge in [-0.1, -0.05) is 12.8 Å². The largest absolute Gasteiger partial charge is 0.377 e. The fraction of sp³-hybridized carbons (Fsp3) is 0.955. The second-order valence-corrected chi connectivity index (χ2v) is 8.64. The molecule has 0 atom stereocenters. The number of aliphatic imine (C=N–C) groups is 1. The molecule has 6 nitrogen and oxygen atoms in total. The molecule has 0 aromatic heterocycles. The van der Waals surface area contributed by atoms with Gasteiger partial charge in [0.15, 0.2) is 5.96 Å². The minimum absolute atomic E-state index is 0. The molecule has 0 spiro atoms. The molecular weight excluding hydrogens is 477 g/mol. The van der Waals surface area contributed by atoms with Crippen molar-refractivity contribution in [3.63, 3.8) is 0 Å². The van der Waals surface area contributed by atoms with Gasteiger partial charge in [0.1, 0.15) is 0 Å². The number of nitrogens with one attached hydrogen (secondary N) is 2. The molecule has 0 radical (unpaired) electrons. The molecule has 0 amide bonds. The Balaban J connectivity index is 0.00000420. The first-order valence-corrected chi connectivity index (χ1v) is 11.7. The van der Waals surface area contributed by atoms with Gasteiger partial charge in [-0.15, -0.1) is 24.0 Å². The monoisotopic (exact) mass is 523 g/mol. The Morgan fingerprint density at radius 2 is 1.66 bits per heavy atom. The van der Waals surface area contributed by atoms with Gasteiger partial charge in [0.25, 0.3) is 0 Å². The normalized spacial score (nSPS) is 19.9. The number of ether oxygens (including phenoxy) is 1. The fourth-order valence-corrected chi connectivity index (χ4v) is 4.13. The minimum atomic E-state index is 0. The van der Waals surface area contributed by atoms with Crippen molar-refractivity contribution in [1.82, 2.24) is 20.4 Å². The predicted molar refractivity (Wildman–Crippen MR) is 135 cm³/mol. The SMILES string of the molecule is CN=C(NCCCCCN1CCCCC1)NC1CCN(CCOC(C)C)CC1.I. The molecule has 2 saturated heterocycles. The van der Waals surface area contributed by atoms with E-state index in [2.05, 4.69) is 39.3 Å². The van der Waals surface area contributed by atoms with Gasteiger partial charge in [0.05, 0.1) is 12.7 Å². The first kappa shape index (κ1) is 26.9.